The van der Waals surface area contributed by atoms with E-state index in [4.69, 9.17) is 28.4 Å². The first-order chi connectivity index (χ1) is 21.3. The van der Waals surface area contributed by atoms with Crippen LogP contribution in [0.25, 0.3) is 0 Å². The van der Waals surface area contributed by atoms with E-state index in [0.29, 0.717) is 39.7 Å². The van der Waals surface area contributed by atoms with Gasteiger partial charge in [0.2, 0.25) is 13.6 Å². The van der Waals surface area contributed by atoms with Crippen LogP contribution in [0.15, 0.2) is 91.0 Å². The molecule has 0 aliphatic heterocycles. The number of ether oxygens (including phenoxy) is 6. The maximum Gasteiger partial charge on any atom is 0.335 e. The van der Waals surface area contributed by atoms with Crippen LogP contribution in [0.2, 0.25) is 0 Å². The zero-order valence-electron chi connectivity index (χ0n) is 25.9. The summed E-state index contributed by atoms with van der Waals surface area (Å²) in [6.45, 7) is 14.8. The Balaban J connectivity index is 1.51. The van der Waals surface area contributed by atoms with Gasteiger partial charge in [-0.1, -0.05) is 37.4 Å². The van der Waals surface area contributed by atoms with E-state index in [9.17, 15) is 19.2 Å². The zero-order valence-corrected chi connectivity index (χ0v) is 25.9. The van der Waals surface area contributed by atoms with Crippen molar-refractivity contribution in [3.8, 4) is 23.0 Å². The van der Waals surface area contributed by atoms with Crippen LogP contribution >= 0.6 is 0 Å². The van der Waals surface area contributed by atoms with Crippen LogP contribution in [0, 0.1) is 6.92 Å². The second-order valence-electron chi connectivity index (χ2n) is 10.3. The number of benzene rings is 3. The molecule has 0 spiro atoms. The number of carbonyl (C=O) groups is 4. The van der Waals surface area contributed by atoms with Gasteiger partial charge in [-0.05, 0) is 93.8 Å². The maximum atomic E-state index is 12.9. The Morgan fingerprint density at radius 1 is 0.622 bits per heavy atom. The molecule has 3 aromatic carbocycles. The fourth-order valence-electron chi connectivity index (χ4n) is 3.73. The van der Waals surface area contributed by atoms with E-state index in [1.165, 1.54) is 0 Å². The molecule has 0 amide bonds. The maximum absolute atomic E-state index is 12.9. The third kappa shape index (κ3) is 10.1. The molecule has 10 heteroatoms. The standard InChI is InChI=1S/C35H36O10/c1-21(2)32(36)42-19-40-28-12-8-26(9-13-28)24(6)34(38)44-30-16-17-31(23(5)18-30)45-35(39)25(7)27-10-14-29(15-11-27)41-20-43-33(37)22(3)4/h8-18,24-25H,1,3,19-20H2,2,4-7H3. The third-order valence-corrected chi connectivity index (χ3v) is 6.57. The van der Waals surface area contributed by atoms with E-state index in [1.54, 1.807) is 101 Å². The van der Waals surface area contributed by atoms with Crippen molar-refractivity contribution in [2.75, 3.05) is 13.6 Å². The third-order valence-electron chi connectivity index (χ3n) is 6.57. The number of aryl methyl sites for hydroxylation is 1. The van der Waals surface area contributed by atoms with Gasteiger partial charge in [-0.25, -0.2) is 9.59 Å². The van der Waals surface area contributed by atoms with Gasteiger partial charge in [-0.15, -0.1) is 0 Å². The highest BCUT2D eigenvalue weighted by Gasteiger charge is 2.21. The van der Waals surface area contributed by atoms with Gasteiger partial charge in [-0.3, -0.25) is 9.59 Å². The molecule has 0 aliphatic rings. The number of carbonyl (C=O) groups excluding carboxylic acids is 4. The molecule has 0 saturated heterocycles. The summed E-state index contributed by atoms with van der Waals surface area (Å²) in [4.78, 5) is 48.6. The summed E-state index contributed by atoms with van der Waals surface area (Å²) in [6, 6.07) is 18.3. The molecule has 0 heterocycles. The van der Waals surface area contributed by atoms with Crippen molar-refractivity contribution in [1.29, 1.82) is 0 Å². The summed E-state index contributed by atoms with van der Waals surface area (Å²) in [6.07, 6.45) is 0. The fourth-order valence-corrected chi connectivity index (χ4v) is 3.73. The first-order valence-corrected chi connectivity index (χ1v) is 14.0. The Hall–Kier alpha value is -5.38. The van der Waals surface area contributed by atoms with Gasteiger partial charge < -0.3 is 28.4 Å². The molecule has 2 atom stereocenters. The van der Waals surface area contributed by atoms with Crippen LogP contribution < -0.4 is 18.9 Å². The molecule has 236 valence electrons. The average molecular weight is 617 g/mol. The summed E-state index contributed by atoms with van der Waals surface area (Å²) in [5, 5.41) is 0. The van der Waals surface area contributed by atoms with Gasteiger partial charge in [0.05, 0.1) is 11.8 Å². The lowest BCUT2D eigenvalue weighted by Gasteiger charge is -2.15. The molecule has 3 rings (SSSR count). The molecule has 0 aliphatic carbocycles. The minimum absolute atomic E-state index is 0.257. The largest absolute Gasteiger partial charge is 0.457 e. The minimum atomic E-state index is -0.582. The van der Waals surface area contributed by atoms with E-state index < -0.39 is 35.7 Å². The van der Waals surface area contributed by atoms with Crippen molar-refractivity contribution in [2.45, 2.75) is 46.5 Å². The van der Waals surface area contributed by atoms with Crippen molar-refractivity contribution < 1.29 is 47.6 Å². The van der Waals surface area contributed by atoms with Gasteiger partial charge in [0.25, 0.3) is 0 Å². The molecule has 0 N–H and O–H groups in total. The molecule has 45 heavy (non-hydrogen) atoms. The molecule has 0 radical (unpaired) electrons. The highest BCUT2D eigenvalue weighted by atomic mass is 16.7. The summed E-state index contributed by atoms with van der Waals surface area (Å²) in [5.74, 6) is -1.62. The number of rotatable bonds is 14. The lowest BCUT2D eigenvalue weighted by Crippen LogP contribution is -2.17. The number of hydrogen-bond acceptors (Lipinski definition) is 10. The van der Waals surface area contributed by atoms with E-state index in [2.05, 4.69) is 13.2 Å². The summed E-state index contributed by atoms with van der Waals surface area (Å²) in [7, 11) is 0. The van der Waals surface area contributed by atoms with Crippen LogP contribution in [0.5, 0.6) is 23.0 Å². The van der Waals surface area contributed by atoms with Crippen LogP contribution in [0.3, 0.4) is 0 Å². The molecule has 0 fully saturated rings. The van der Waals surface area contributed by atoms with E-state index >= 15 is 0 Å². The Morgan fingerprint density at radius 3 is 1.42 bits per heavy atom. The first-order valence-electron chi connectivity index (χ1n) is 14.0. The van der Waals surface area contributed by atoms with Gasteiger partial charge in [0.15, 0.2) is 0 Å². The monoisotopic (exact) mass is 616 g/mol. The summed E-state index contributed by atoms with van der Waals surface area (Å²) < 4.78 is 31.8. The van der Waals surface area contributed by atoms with Crippen molar-refractivity contribution in [3.05, 3.63) is 108 Å². The van der Waals surface area contributed by atoms with Crippen molar-refractivity contribution >= 4 is 23.9 Å². The predicted octanol–water partition coefficient (Wildman–Crippen LogP) is 6.32. The van der Waals surface area contributed by atoms with Crippen molar-refractivity contribution in [3.63, 3.8) is 0 Å². The van der Waals surface area contributed by atoms with Gasteiger partial charge in [0.1, 0.15) is 23.0 Å². The van der Waals surface area contributed by atoms with Crippen LogP contribution in [-0.4, -0.2) is 37.5 Å². The van der Waals surface area contributed by atoms with E-state index in [0.717, 1.165) is 0 Å². The lowest BCUT2D eigenvalue weighted by atomic mass is 10.0. The molecule has 2 unspecified atom stereocenters. The molecule has 10 nitrogen and oxygen atoms in total. The quantitative estimate of drug-likeness (QED) is 0.0879. The summed E-state index contributed by atoms with van der Waals surface area (Å²) >= 11 is 0. The van der Waals surface area contributed by atoms with E-state index in [-0.39, 0.29) is 24.7 Å². The Labute approximate surface area is 262 Å². The molecule has 0 saturated carbocycles. The fraction of sp³-hybridized carbons (Fsp3) is 0.257. The average Bonchev–Trinajstić information content (AvgIpc) is 3.02. The van der Waals surface area contributed by atoms with Crippen LogP contribution in [0.4, 0.5) is 0 Å². The van der Waals surface area contributed by atoms with Crippen LogP contribution in [0.1, 0.15) is 56.2 Å². The Bertz CT molecular complexity index is 1550. The van der Waals surface area contributed by atoms with E-state index in [1.807, 2.05) is 0 Å². The zero-order chi connectivity index (χ0) is 33.1. The predicted molar refractivity (Wildman–Crippen MR) is 165 cm³/mol. The summed E-state index contributed by atoms with van der Waals surface area (Å²) in [5.41, 5.74) is 2.56. The Kier molecular flexibility index (Phi) is 12.1. The SMILES string of the molecule is C=C(C)C(=O)OCOc1ccc(C(C)C(=O)Oc2ccc(OC(=O)C(C)c3ccc(OCOC(=O)C(=C)C)cc3)c(C)c2)cc1. The highest BCUT2D eigenvalue weighted by molar-refractivity contribution is 5.87. The molecule has 0 bridgehead atoms. The van der Waals surface area contributed by atoms with Crippen LogP contribution in [-0.2, 0) is 28.7 Å². The highest BCUT2D eigenvalue weighted by Crippen LogP contribution is 2.28. The van der Waals surface area contributed by atoms with Crippen molar-refractivity contribution in [2.24, 2.45) is 0 Å². The minimum Gasteiger partial charge on any atom is -0.457 e. The second kappa shape index (κ2) is 15.9. The second-order valence-corrected chi connectivity index (χ2v) is 10.3. The first kappa shape index (κ1) is 34.1. The van der Waals surface area contributed by atoms with Gasteiger partial charge >= 0.3 is 23.9 Å². The topological polar surface area (TPSA) is 124 Å². The normalized spacial score (nSPS) is 11.8. The number of hydrogen-bond donors (Lipinski definition) is 0. The lowest BCUT2D eigenvalue weighted by molar-refractivity contribution is -0.146. The van der Waals surface area contributed by atoms with Gasteiger partial charge in [0, 0.05) is 11.1 Å². The molecule has 3 aromatic rings. The van der Waals surface area contributed by atoms with Crippen molar-refractivity contribution in [1.82, 2.24) is 0 Å². The van der Waals surface area contributed by atoms with Gasteiger partial charge in [-0.2, -0.15) is 0 Å². The number of esters is 4. The molecular formula is C35H36O10. The Morgan fingerprint density at radius 2 is 1.02 bits per heavy atom. The molecular weight excluding hydrogens is 580 g/mol. The molecule has 0 aromatic heterocycles. The smallest absolute Gasteiger partial charge is 0.335 e.